The summed E-state index contributed by atoms with van der Waals surface area (Å²) >= 11 is 0. The molecule has 0 amide bonds. The van der Waals surface area contributed by atoms with Crippen molar-refractivity contribution in [2.24, 2.45) is 5.73 Å². The van der Waals surface area contributed by atoms with Gasteiger partial charge in [0.25, 0.3) is 0 Å². The molecule has 0 saturated heterocycles. The van der Waals surface area contributed by atoms with E-state index >= 15 is 0 Å². The van der Waals surface area contributed by atoms with Gasteiger partial charge in [-0.05, 0) is 25.1 Å². The summed E-state index contributed by atoms with van der Waals surface area (Å²) in [5, 5.41) is 7.69. The van der Waals surface area contributed by atoms with Crippen molar-refractivity contribution in [3.8, 4) is 0 Å². The lowest BCUT2D eigenvalue weighted by Gasteiger charge is -2.04. The Hall–Kier alpha value is -1.66. The van der Waals surface area contributed by atoms with Crippen molar-refractivity contribution < 1.29 is 4.74 Å². The van der Waals surface area contributed by atoms with Crippen LogP contribution in [0.15, 0.2) is 18.3 Å². The number of nitrogens with zero attached hydrogens (tertiary/aromatic N) is 3. The molecular weight excluding hydrogens is 230 g/mol. The molecule has 0 radical (unpaired) electrons. The second-order valence-electron chi connectivity index (χ2n) is 4.07. The Morgan fingerprint density at radius 3 is 3.11 bits per heavy atom. The molecule has 0 aliphatic rings. The molecule has 0 unspecified atom stereocenters. The van der Waals surface area contributed by atoms with Crippen molar-refractivity contribution in [2.75, 3.05) is 32.1 Å². The first kappa shape index (κ1) is 12.8. The van der Waals surface area contributed by atoms with Crippen LogP contribution in [0.25, 0.3) is 5.65 Å². The number of hydrogen-bond acceptors (Lipinski definition) is 5. The van der Waals surface area contributed by atoms with Gasteiger partial charge in [-0.3, -0.25) is 0 Å². The Morgan fingerprint density at radius 1 is 1.44 bits per heavy atom. The van der Waals surface area contributed by atoms with Gasteiger partial charge in [-0.2, -0.15) is 0 Å². The molecule has 0 aromatic carbocycles. The van der Waals surface area contributed by atoms with Gasteiger partial charge in [-0.15, -0.1) is 5.10 Å². The van der Waals surface area contributed by atoms with Gasteiger partial charge in [0.1, 0.15) is 5.82 Å². The minimum atomic E-state index is 0.603. The smallest absolute Gasteiger partial charge is 0.153 e. The lowest BCUT2D eigenvalue weighted by atomic mass is 10.3. The van der Waals surface area contributed by atoms with Crippen molar-refractivity contribution in [1.29, 1.82) is 0 Å². The number of anilines is 1. The monoisotopic (exact) mass is 249 g/mol. The zero-order valence-corrected chi connectivity index (χ0v) is 10.6. The number of fused-ring (bicyclic) bond motifs is 1. The van der Waals surface area contributed by atoms with E-state index in [9.17, 15) is 0 Å². The van der Waals surface area contributed by atoms with Crippen LogP contribution in [0.4, 0.5) is 5.82 Å². The highest BCUT2D eigenvalue weighted by atomic mass is 16.5. The van der Waals surface area contributed by atoms with E-state index in [0.29, 0.717) is 6.54 Å². The Kier molecular flexibility index (Phi) is 4.49. The number of methoxy groups -OCH3 is 1. The molecular formula is C12H19N5O. The highest BCUT2D eigenvalue weighted by Crippen LogP contribution is 2.08. The van der Waals surface area contributed by atoms with Crippen molar-refractivity contribution in [3.63, 3.8) is 0 Å². The van der Waals surface area contributed by atoms with E-state index in [4.69, 9.17) is 10.5 Å². The van der Waals surface area contributed by atoms with Gasteiger partial charge in [0.2, 0.25) is 0 Å². The number of hydrogen-bond donors (Lipinski definition) is 2. The van der Waals surface area contributed by atoms with Crippen LogP contribution in [0.5, 0.6) is 0 Å². The number of nitrogens with one attached hydrogen (secondary N) is 1. The summed E-state index contributed by atoms with van der Waals surface area (Å²) in [7, 11) is 1.70. The molecule has 0 atom stereocenters. The van der Waals surface area contributed by atoms with Crippen LogP contribution < -0.4 is 11.1 Å². The van der Waals surface area contributed by atoms with Gasteiger partial charge in [-0.25, -0.2) is 9.50 Å². The Labute approximate surface area is 106 Å². The van der Waals surface area contributed by atoms with Gasteiger partial charge in [0.15, 0.2) is 5.65 Å². The van der Waals surface area contributed by atoms with Crippen molar-refractivity contribution in [2.45, 2.75) is 12.8 Å². The van der Waals surface area contributed by atoms with Crippen LogP contribution in [0.3, 0.4) is 0 Å². The van der Waals surface area contributed by atoms with E-state index in [1.165, 1.54) is 0 Å². The van der Waals surface area contributed by atoms with E-state index in [-0.39, 0.29) is 0 Å². The van der Waals surface area contributed by atoms with Crippen LogP contribution in [0.1, 0.15) is 12.1 Å². The summed E-state index contributed by atoms with van der Waals surface area (Å²) in [6.45, 7) is 2.20. The molecule has 0 bridgehead atoms. The average molecular weight is 249 g/mol. The zero-order chi connectivity index (χ0) is 12.8. The highest BCUT2D eigenvalue weighted by molar-refractivity contribution is 5.45. The minimum absolute atomic E-state index is 0.603. The fourth-order valence-electron chi connectivity index (χ4n) is 1.73. The minimum Gasteiger partial charge on any atom is -0.385 e. The summed E-state index contributed by atoms with van der Waals surface area (Å²) in [6.07, 6.45) is 3.65. The maximum absolute atomic E-state index is 5.51. The Balaban J connectivity index is 2.02. The summed E-state index contributed by atoms with van der Waals surface area (Å²) in [6, 6.07) is 3.88. The van der Waals surface area contributed by atoms with Gasteiger partial charge in [0.05, 0.1) is 11.9 Å². The second-order valence-corrected chi connectivity index (χ2v) is 4.07. The SMILES string of the molecule is COCCCNc1ccc2nc(CCN)cn2n1. The molecule has 2 heterocycles. The van der Waals surface area contributed by atoms with Crippen molar-refractivity contribution in [3.05, 3.63) is 24.0 Å². The molecule has 0 saturated carbocycles. The van der Waals surface area contributed by atoms with Crippen LogP contribution in [0, 0.1) is 0 Å². The zero-order valence-electron chi connectivity index (χ0n) is 10.6. The Bertz CT molecular complexity index is 496. The maximum Gasteiger partial charge on any atom is 0.153 e. The van der Waals surface area contributed by atoms with E-state index in [2.05, 4.69) is 15.4 Å². The number of rotatable bonds is 7. The molecule has 2 rings (SSSR count). The van der Waals surface area contributed by atoms with Gasteiger partial charge in [0, 0.05) is 26.7 Å². The molecule has 98 valence electrons. The van der Waals surface area contributed by atoms with E-state index in [1.54, 1.807) is 11.6 Å². The first-order valence-corrected chi connectivity index (χ1v) is 6.11. The lowest BCUT2D eigenvalue weighted by Crippen LogP contribution is -2.07. The third-order valence-corrected chi connectivity index (χ3v) is 2.60. The van der Waals surface area contributed by atoms with Crippen LogP contribution in [-0.2, 0) is 11.2 Å². The molecule has 2 aromatic heterocycles. The largest absolute Gasteiger partial charge is 0.385 e. The lowest BCUT2D eigenvalue weighted by molar-refractivity contribution is 0.197. The maximum atomic E-state index is 5.51. The summed E-state index contributed by atoms with van der Waals surface area (Å²) in [5.41, 5.74) is 7.33. The number of ether oxygens (including phenoxy) is 1. The third kappa shape index (κ3) is 3.18. The fourth-order valence-corrected chi connectivity index (χ4v) is 1.73. The molecule has 6 nitrogen and oxygen atoms in total. The molecule has 0 aliphatic heterocycles. The second kappa shape index (κ2) is 6.32. The normalized spacial score (nSPS) is 11.0. The topological polar surface area (TPSA) is 77.5 Å². The number of nitrogens with two attached hydrogens (primary N) is 1. The standard InChI is InChI=1S/C12H19N5O/c1-18-8-2-7-14-11-3-4-12-15-10(5-6-13)9-17(12)16-11/h3-4,9H,2,5-8,13H2,1H3,(H,14,16). The van der Waals surface area contributed by atoms with Crippen LogP contribution in [-0.4, -0.2) is 41.4 Å². The first-order valence-electron chi connectivity index (χ1n) is 6.11. The molecule has 2 aromatic rings. The average Bonchev–Trinajstić information content (AvgIpc) is 2.76. The summed E-state index contributed by atoms with van der Waals surface area (Å²) in [4.78, 5) is 4.43. The summed E-state index contributed by atoms with van der Waals surface area (Å²) in [5.74, 6) is 0.843. The van der Waals surface area contributed by atoms with Crippen LogP contribution in [0.2, 0.25) is 0 Å². The third-order valence-electron chi connectivity index (χ3n) is 2.60. The van der Waals surface area contributed by atoms with E-state index in [1.807, 2.05) is 18.3 Å². The fraction of sp³-hybridized carbons (Fsp3) is 0.500. The van der Waals surface area contributed by atoms with Gasteiger partial charge < -0.3 is 15.8 Å². The number of aromatic nitrogens is 3. The van der Waals surface area contributed by atoms with Crippen molar-refractivity contribution in [1.82, 2.24) is 14.6 Å². The predicted molar refractivity (Wildman–Crippen MR) is 70.7 cm³/mol. The molecule has 0 spiro atoms. The van der Waals surface area contributed by atoms with E-state index < -0.39 is 0 Å². The molecule has 0 aliphatic carbocycles. The number of imidazole rings is 1. The predicted octanol–water partition coefficient (Wildman–Crippen LogP) is 0.679. The molecule has 3 N–H and O–H groups in total. The highest BCUT2D eigenvalue weighted by Gasteiger charge is 2.02. The molecule has 18 heavy (non-hydrogen) atoms. The first-order chi connectivity index (χ1) is 8.83. The van der Waals surface area contributed by atoms with Crippen LogP contribution >= 0.6 is 0 Å². The quantitative estimate of drug-likeness (QED) is 0.706. The molecule has 0 fully saturated rings. The molecule has 6 heteroatoms. The van der Waals surface area contributed by atoms with Gasteiger partial charge in [-0.1, -0.05) is 0 Å². The van der Waals surface area contributed by atoms with Crippen molar-refractivity contribution >= 4 is 11.5 Å². The summed E-state index contributed by atoms with van der Waals surface area (Å²) < 4.78 is 6.77. The van der Waals surface area contributed by atoms with Gasteiger partial charge >= 0.3 is 0 Å². The Morgan fingerprint density at radius 2 is 2.33 bits per heavy atom. The van der Waals surface area contributed by atoms with E-state index in [0.717, 1.165) is 43.2 Å².